The Bertz CT molecular complexity index is 188. The van der Waals surface area contributed by atoms with E-state index in [9.17, 15) is 0 Å². The quantitative estimate of drug-likeness (QED) is 0.738. The van der Waals surface area contributed by atoms with Crippen molar-refractivity contribution in [3.05, 3.63) is 11.6 Å². The molecule has 1 aromatic rings. The molecule has 0 aromatic carbocycles. The molecular weight excluding hydrogens is 180 g/mol. The number of thiazole rings is 1. The second-order valence-electron chi connectivity index (χ2n) is 2.48. The second-order valence-corrected chi connectivity index (χ2v) is 3.68. The van der Waals surface area contributed by atoms with Crippen molar-refractivity contribution in [2.45, 2.75) is 6.92 Å². The van der Waals surface area contributed by atoms with Gasteiger partial charge in [0.25, 0.3) is 0 Å². The number of nitrogens with zero attached hydrogens (tertiary/aromatic N) is 1. The number of hydrogen-bond acceptors (Lipinski definition) is 3. The van der Waals surface area contributed by atoms with Crippen molar-refractivity contribution < 1.29 is 0 Å². The van der Waals surface area contributed by atoms with Gasteiger partial charge in [-0.2, -0.15) is 0 Å². The van der Waals surface area contributed by atoms with Gasteiger partial charge < -0.3 is 5.32 Å². The number of anilines is 1. The zero-order chi connectivity index (χ0) is 8.10. The van der Waals surface area contributed by atoms with Gasteiger partial charge in [0.15, 0.2) is 5.13 Å². The van der Waals surface area contributed by atoms with Crippen LogP contribution in [0, 0.1) is 5.92 Å². The van der Waals surface area contributed by atoms with Crippen molar-refractivity contribution in [3.63, 3.8) is 0 Å². The minimum atomic E-state index is 0.501. The van der Waals surface area contributed by atoms with Gasteiger partial charge in [-0.25, -0.2) is 4.98 Å². The van der Waals surface area contributed by atoms with E-state index >= 15 is 0 Å². The molecule has 1 heterocycles. The molecular formula is C7H11ClN2S. The van der Waals surface area contributed by atoms with E-state index in [1.54, 1.807) is 17.5 Å². The van der Waals surface area contributed by atoms with Crippen LogP contribution in [0.15, 0.2) is 11.6 Å². The highest BCUT2D eigenvalue weighted by Crippen LogP contribution is 2.10. The molecule has 0 amide bonds. The van der Waals surface area contributed by atoms with E-state index in [2.05, 4.69) is 17.2 Å². The molecule has 62 valence electrons. The van der Waals surface area contributed by atoms with Gasteiger partial charge >= 0.3 is 0 Å². The number of alkyl halides is 1. The van der Waals surface area contributed by atoms with Crippen LogP contribution in [0.4, 0.5) is 5.13 Å². The van der Waals surface area contributed by atoms with Crippen LogP contribution < -0.4 is 5.32 Å². The van der Waals surface area contributed by atoms with Crippen LogP contribution in [0.25, 0.3) is 0 Å². The summed E-state index contributed by atoms with van der Waals surface area (Å²) in [7, 11) is 0. The van der Waals surface area contributed by atoms with E-state index < -0.39 is 0 Å². The molecule has 1 N–H and O–H groups in total. The molecule has 1 aromatic heterocycles. The van der Waals surface area contributed by atoms with Gasteiger partial charge in [0.1, 0.15) is 0 Å². The normalized spacial score (nSPS) is 12.9. The van der Waals surface area contributed by atoms with Crippen LogP contribution in [-0.2, 0) is 0 Å². The molecule has 0 radical (unpaired) electrons. The van der Waals surface area contributed by atoms with Crippen LogP contribution in [0.3, 0.4) is 0 Å². The first-order chi connectivity index (χ1) is 5.33. The summed E-state index contributed by atoms with van der Waals surface area (Å²) < 4.78 is 0. The number of rotatable bonds is 4. The first kappa shape index (κ1) is 8.81. The number of nitrogens with one attached hydrogen (secondary N) is 1. The van der Waals surface area contributed by atoms with Gasteiger partial charge in [0.2, 0.25) is 0 Å². The Hall–Kier alpha value is -0.280. The van der Waals surface area contributed by atoms with Crippen LogP contribution >= 0.6 is 22.9 Å². The smallest absolute Gasteiger partial charge is 0.182 e. The Morgan fingerprint density at radius 3 is 3.18 bits per heavy atom. The maximum absolute atomic E-state index is 5.64. The molecule has 0 spiro atoms. The highest BCUT2D eigenvalue weighted by molar-refractivity contribution is 7.13. The van der Waals surface area contributed by atoms with Crippen molar-refractivity contribution in [1.82, 2.24) is 4.98 Å². The first-order valence-corrected chi connectivity index (χ1v) is 4.93. The van der Waals surface area contributed by atoms with Crippen molar-refractivity contribution in [1.29, 1.82) is 0 Å². The Balaban J connectivity index is 2.23. The lowest BCUT2D eigenvalue weighted by Gasteiger charge is -2.06. The average molecular weight is 191 g/mol. The maximum atomic E-state index is 5.64. The maximum Gasteiger partial charge on any atom is 0.182 e. The fourth-order valence-electron chi connectivity index (χ4n) is 0.627. The summed E-state index contributed by atoms with van der Waals surface area (Å²) in [5.74, 6) is 1.19. The average Bonchev–Trinajstić information content (AvgIpc) is 2.52. The zero-order valence-corrected chi connectivity index (χ0v) is 7.95. The Morgan fingerprint density at radius 1 is 1.82 bits per heavy atom. The van der Waals surface area contributed by atoms with E-state index in [-0.39, 0.29) is 0 Å². The van der Waals surface area contributed by atoms with Gasteiger partial charge in [-0.15, -0.1) is 22.9 Å². The summed E-state index contributed by atoms with van der Waals surface area (Å²) >= 11 is 7.25. The van der Waals surface area contributed by atoms with Crippen molar-refractivity contribution in [3.8, 4) is 0 Å². The highest BCUT2D eigenvalue weighted by atomic mass is 35.5. The summed E-state index contributed by atoms with van der Waals surface area (Å²) in [5, 5.41) is 6.12. The fraction of sp³-hybridized carbons (Fsp3) is 0.571. The summed E-state index contributed by atoms with van der Waals surface area (Å²) in [6, 6.07) is 0. The topological polar surface area (TPSA) is 24.9 Å². The molecule has 4 heteroatoms. The summed E-state index contributed by atoms with van der Waals surface area (Å²) in [6.45, 7) is 3.00. The molecule has 0 fully saturated rings. The van der Waals surface area contributed by atoms with E-state index in [1.165, 1.54) is 0 Å². The Morgan fingerprint density at radius 2 is 2.64 bits per heavy atom. The molecule has 1 rings (SSSR count). The van der Waals surface area contributed by atoms with Crippen molar-refractivity contribution >= 4 is 28.1 Å². The SMILES string of the molecule is CC(CCl)CNc1nccs1. The van der Waals surface area contributed by atoms with E-state index in [0.717, 1.165) is 11.7 Å². The minimum absolute atomic E-state index is 0.501. The third-order valence-electron chi connectivity index (χ3n) is 1.30. The second kappa shape index (κ2) is 4.57. The van der Waals surface area contributed by atoms with Crippen LogP contribution in [-0.4, -0.2) is 17.4 Å². The Kier molecular flexibility index (Phi) is 3.66. The van der Waals surface area contributed by atoms with E-state index in [0.29, 0.717) is 11.8 Å². The lowest BCUT2D eigenvalue weighted by Crippen LogP contribution is -2.11. The molecule has 1 unspecified atom stereocenters. The molecule has 2 nitrogen and oxygen atoms in total. The van der Waals surface area contributed by atoms with Crippen LogP contribution in [0.1, 0.15) is 6.92 Å². The van der Waals surface area contributed by atoms with Crippen LogP contribution in [0.5, 0.6) is 0 Å². The predicted molar refractivity (Wildman–Crippen MR) is 50.5 cm³/mol. The largest absolute Gasteiger partial charge is 0.361 e. The lowest BCUT2D eigenvalue weighted by molar-refractivity contribution is 0.696. The van der Waals surface area contributed by atoms with Crippen molar-refractivity contribution in [2.75, 3.05) is 17.7 Å². The van der Waals surface area contributed by atoms with Gasteiger partial charge in [-0.1, -0.05) is 6.92 Å². The first-order valence-electron chi connectivity index (χ1n) is 3.52. The van der Waals surface area contributed by atoms with Gasteiger partial charge in [0.05, 0.1) is 0 Å². The summed E-state index contributed by atoms with van der Waals surface area (Å²) in [4.78, 5) is 4.09. The molecule has 11 heavy (non-hydrogen) atoms. The number of aromatic nitrogens is 1. The van der Waals surface area contributed by atoms with E-state index in [1.807, 2.05) is 5.38 Å². The Labute approximate surface area is 75.6 Å². The molecule has 0 aliphatic rings. The summed E-state index contributed by atoms with van der Waals surface area (Å²) in [6.07, 6.45) is 1.79. The van der Waals surface area contributed by atoms with E-state index in [4.69, 9.17) is 11.6 Å². The molecule has 0 bridgehead atoms. The highest BCUT2D eigenvalue weighted by Gasteiger charge is 1.99. The monoisotopic (exact) mass is 190 g/mol. The molecule has 0 saturated heterocycles. The number of hydrogen-bond donors (Lipinski definition) is 1. The molecule has 0 saturated carbocycles. The molecule has 0 aliphatic carbocycles. The predicted octanol–water partition coefficient (Wildman–Crippen LogP) is 2.43. The van der Waals surface area contributed by atoms with Crippen LogP contribution in [0.2, 0.25) is 0 Å². The molecule has 1 atom stereocenters. The third-order valence-corrected chi connectivity index (χ3v) is 2.56. The molecule has 0 aliphatic heterocycles. The third kappa shape index (κ3) is 3.08. The van der Waals surface area contributed by atoms with Gasteiger partial charge in [0, 0.05) is 24.0 Å². The standard InChI is InChI=1S/C7H11ClN2S/c1-6(4-8)5-10-7-9-2-3-11-7/h2-3,6H,4-5H2,1H3,(H,9,10). The summed E-state index contributed by atoms with van der Waals surface area (Å²) in [5.41, 5.74) is 0. The zero-order valence-electron chi connectivity index (χ0n) is 6.38. The minimum Gasteiger partial charge on any atom is -0.361 e. The fourth-order valence-corrected chi connectivity index (χ4v) is 1.27. The van der Waals surface area contributed by atoms with Gasteiger partial charge in [-0.3, -0.25) is 0 Å². The number of halogens is 1. The van der Waals surface area contributed by atoms with Crippen molar-refractivity contribution in [2.24, 2.45) is 5.92 Å². The van der Waals surface area contributed by atoms with Gasteiger partial charge in [-0.05, 0) is 5.92 Å². The lowest BCUT2D eigenvalue weighted by atomic mass is 10.2.